The first kappa shape index (κ1) is 22.6. The smallest absolute Gasteiger partial charge is 0.268 e. The van der Waals surface area contributed by atoms with Crippen LogP contribution in [-0.2, 0) is 4.79 Å². The lowest BCUT2D eigenvalue weighted by molar-refractivity contribution is -0.119. The third-order valence-electron chi connectivity index (χ3n) is 5.34. The Morgan fingerprint density at radius 3 is 2.61 bits per heavy atom. The van der Waals surface area contributed by atoms with E-state index in [1.165, 1.54) is 11.3 Å². The first-order valence-corrected chi connectivity index (χ1v) is 11.5. The van der Waals surface area contributed by atoms with E-state index in [2.05, 4.69) is 10.6 Å². The summed E-state index contributed by atoms with van der Waals surface area (Å²) in [5.41, 5.74) is 1.05. The molecule has 0 aliphatic carbocycles. The van der Waals surface area contributed by atoms with Gasteiger partial charge in [0.15, 0.2) is 0 Å². The van der Waals surface area contributed by atoms with E-state index in [0.717, 1.165) is 10.4 Å². The number of amides is 2. The van der Waals surface area contributed by atoms with Gasteiger partial charge in [-0.1, -0.05) is 24.3 Å². The Balaban J connectivity index is 1.61. The number of fused-ring (bicyclic) bond motifs is 1. The van der Waals surface area contributed by atoms with Crippen LogP contribution in [0.15, 0.2) is 71.7 Å². The summed E-state index contributed by atoms with van der Waals surface area (Å²) in [7, 11) is 1.60. The van der Waals surface area contributed by atoms with Crippen molar-refractivity contribution in [1.82, 2.24) is 10.6 Å². The van der Waals surface area contributed by atoms with Crippen LogP contribution >= 0.6 is 11.3 Å². The maximum absolute atomic E-state index is 13.4. The van der Waals surface area contributed by atoms with Crippen LogP contribution in [0.4, 0.5) is 0 Å². The molecule has 0 radical (unpaired) electrons. The molecule has 1 aliphatic rings. The number of carbonyl (C=O) groups is 2. The fraction of sp³-hybridized carbons (Fsp3) is 0.231. The van der Waals surface area contributed by atoms with Gasteiger partial charge in [0, 0.05) is 28.5 Å². The summed E-state index contributed by atoms with van der Waals surface area (Å²) in [6, 6.07) is 17.9. The molecular weight excluding hydrogens is 436 g/mol. The minimum atomic E-state index is -0.484. The zero-order valence-electron chi connectivity index (χ0n) is 18.8. The first-order chi connectivity index (χ1) is 15.8. The van der Waals surface area contributed by atoms with E-state index in [-0.39, 0.29) is 23.6 Å². The molecule has 1 atom stereocenters. The molecule has 2 amide bonds. The summed E-state index contributed by atoms with van der Waals surface area (Å²) in [4.78, 5) is 27.0. The van der Waals surface area contributed by atoms with Gasteiger partial charge in [0.25, 0.3) is 11.8 Å². The van der Waals surface area contributed by atoms with Gasteiger partial charge in [-0.15, -0.1) is 11.3 Å². The molecule has 0 saturated carbocycles. The number of ether oxygens (including phenoxy) is 2. The van der Waals surface area contributed by atoms with Gasteiger partial charge in [-0.3, -0.25) is 9.59 Å². The number of benzene rings is 2. The molecule has 1 aliphatic heterocycles. The third kappa shape index (κ3) is 5.43. The molecule has 7 heteroatoms. The molecule has 4 rings (SSSR count). The van der Waals surface area contributed by atoms with Gasteiger partial charge < -0.3 is 20.1 Å². The zero-order valence-corrected chi connectivity index (χ0v) is 19.6. The zero-order chi connectivity index (χ0) is 23.4. The molecule has 33 heavy (non-hydrogen) atoms. The maximum atomic E-state index is 13.4. The SMILES string of the molecule is COc1ccc2c(c1)OC(C)(C)C[C@H]2NC(=O)/C(=C/c1cccs1)NC(=O)c1ccccc1. The lowest BCUT2D eigenvalue weighted by Gasteiger charge is -2.38. The monoisotopic (exact) mass is 462 g/mol. The van der Waals surface area contributed by atoms with E-state index in [4.69, 9.17) is 9.47 Å². The maximum Gasteiger partial charge on any atom is 0.268 e. The molecule has 0 saturated heterocycles. The molecule has 1 aromatic heterocycles. The Kier molecular flexibility index (Phi) is 6.51. The van der Waals surface area contributed by atoms with Gasteiger partial charge >= 0.3 is 0 Å². The number of rotatable bonds is 6. The first-order valence-electron chi connectivity index (χ1n) is 10.6. The van der Waals surface area contributed by atoms with Crippen LogP contribution in [-0.4, -0.2) is 24.5 Å². The number of hydrogen-bond donors (Lipinski definition) is 2. The molecular formula is C26H26N2O4S. The van der Waals surface area contributed by atoms with E-state index in [1.54, 1.807) is 37.5 Å². The van der Waals surface area contributed by atoms with Gasteiger partial charge in [0.05, 0.1) is 13.2 Å². The average Bonchev–Trinajstić information content (AvgIpc) is 3.31. The van der Waals surface area contributed by atoms with Crippen molar-refractivity contribution >= 4 is 29.2 Å². The van der Waals surface area contributed by atoms with E-state index < -0.39 is 5.60 Å². The van der Waals surface area contributed by atoms with Crippen molar-refractivity contribution in [1.29, 1.82) is 0 Å². The highest BCUT2D eigenvalue weighted by Crippen LogP contribution is 2.41. The van der Waals surface area contributed by atoms with E-state index in [0.29, 0.717) is 23.5 Å². The summed E-state index contributed by atoms with van der Waals surface area (Å²) < 4.78 is 11.5. The second-order valence-electron chi connectivity index (χ2n) is 8.39. The Morgan fingerprint density at radius 2 is 1.91 bits per heavy atom. The molecule has 2 aromatic carbocycles. The Labute approximate surface area is 197 Å². The molecule has 0 unspecified atom stereocenters. The molecule has 6 nitrogen and oxygen atoms in total. The van der Waals surface area contributed by atoms with Crippen LogP contribution in [0, 0.1) is 0 Å². The number of thiophene rings is 1. The van der Waals surface area contributed by atoms with Gasteiger partial charge in [0.1, 0.15) is 22.8 Å². The van der Waals surface area contributed by atoms with Crippen molar-refractivity contribution in [2.75, 3.05) is 7.11 Å². The van der Waals surface area contributed by atoms with Crippen molar-refractivity contribution in [2.45, 2.75) is 31.9 Å². The average molecular weight is 463 g/mol. The van der Waals surface area contributed by atoms with E-state index in [9.17, 15) is 9.59 Å². The highest BCUT2D eigenvalue weighted by Gasteiger charge is 2.35. The van der Waals surface area contributed by atoms with Crippen molar-refractivity contribution < 1.29 is 19.1 Å². The second kappa shape index (κ2) is 9.50. The number of methoxy groups -OCH3 is 1. The summed E-state index contributed by atoms with van der Waals surface area (Å²) in [5, 5.41) is 7.81. The topological polar surface area (TPSA) is 76.7 Å². The largest absolute Gasteiger partial charge is 0.497 e. The minimum Gasteiger partial charge on any atom is -0.497 e. The summed E-state index contributed by atoms with van der Waals surface area (Å²) in [6.07, 6.45) is 2.28. The van der Waals surface area contributed by atoms with Crippen LogP contribution in [0.3, 0.4) is 0 Å². The quantitative estimate of drug-likeness (QED) is 0.509. The highest BCUT2D eigenvalue weighted by molar-refractivity contribution is 7.10. The Hall–Kier alpha value is -3.58. The molecule has 2 N–H and O–H groups in total. The normalized spacial score (nSPS) is 16.8. The van der Waals surface area contributed by atoms with Crippen molar-refractivity contribution in [2.24, 2.45) is 0 Å². The van der Waals surface area contributed by atoms with Crippen LogP contribution in [0.25, 0.3) is 6.08 Å². The predicted octanol–water partition coefficient (Wildman–Crippen LogP) is 4.95. The molecule has 0 spiro atoms. The molecule has 2 heterocycles. The van der Waals surface area contributed by atoms with Gasteiger partial charge in [-0.2, -0.15) is 0 Å². The standard InChI is InChI=1S/C26H26N2O4S/c1-26(2)16-22(20-12-11-18(31-3)14-23(20)32-26)28-25(30)21(15-19-10-7-13-33-19)27-24(29)17-8-5-4-6-9-17/h4-15,22H,16H2,1-3H3,(H,27,29)(H,28,30)/b21-15-/t22-/m1/s1. The van der Waals surface area contributed by atoms with Gasteiger partial charge in [-0.25, -0.2) is 0 Å². The molecule has 0 fully saturated rings. The van der Waals surface area contributed by atoms with Gasteiger partial charge in [-0.05, 0) is 55.6 Å². The fourth-order valence-electron chi connectivity index (χ4n) is 3.78. The Morgan fingerprint density at radius 1 is 1.12 bits per heavy atom. The van der Waals surface area contributed by atoms with Crippen molar-refractivity contribution in [3.63, 3.8) is 0 Å². The number of nitrogens with one attached hydrogen (secondary N) is 2. The predicted molar refractivity (Wildman–Crippen MR) is 129 cm³/mol. The lowest BCUT2D eigenvalue weighted by Crippen LogP contribution is -2.43. The van der Waals surface area contributed by atoms with Crippen LogP contribution in [0.1, 0.15) is 47.1 Å². The third-order valence-corrected chi connectivity index (χ3v) is 6.16. The summed E-state index contributed by atoms with van der Waals surface area (Å²) >= 11 is 1.49. The molecule has 170 valence electrons. The summed E-state index contributed by atoms with van der Waals surface area (Å²) in [5.74, 6) is 0.654. The number of carbonyl (C=O) groups excluding carboxylic acids is 2. The second-order valence-corrected chi connectivity index (χ2v) is 9.37. The Bertz CT molecular complexity index is 1170. The highest BCUT2D eigenvalue weighted by atomic mass is 32.1. The van der Waals surface area contributed by atoms with E-state index >= 15 is 0 Å². The molecule has 3 aromatic rings. The molecule has 0 bridgehead atoms. The summed E-state index contributed by atoms with van der Waals surface area (Å²) in [6.45, 7) is 3.96. The van der Waals surface area contributed by atoms with Crippen molar-refractivity contribution in [3.8, 4) is 11.5 Å². The van der Waals surface area contributed by atoms with Gasteiger partial charge in [0.2, 0.25) is 0 Å². The number of hydrogen-bond acceptors (Lipinski definition) is 5. The minimum absolute atomic E-state index is 0.186. The fourth-order valence-corrected chi connectivity index (χ4v) is 4.44. The van der Waals surface area contributed by atoms with Crippen LogP contribution < -0.4 is 20.1 Å². The van der Waals surface area contributed by atoms with E-state index in [1.807, 2.05) is 55.6 Å². The lowest BCUT2D eigenvalue weighted by atomic mass is 9.89. The van der Waals surface area contributed by atoms with Crippen LogP contribution in [0.5, 0.6) is 11.5 Å². The van der Waals surface area contributed by atoms with Crippen molar-refractivity contribution in [3.05, 3.63) is 87.7 Å². The van der Waals surface area contributed by atoms with Crippen LogP contribution in [0.2, 0.25) is 0 Å².